The van der Waals surface area contributed by atoms with Gasteiger partial charge in [-0.15, -0.1) is 11.3 Å². The number of thiophene rings is 1. The predicted octanol–water partition coefficient (Wildman–Crippen LogP) is 0.918. The molecule has 0 saturated heterocycles. The number of nitrogens with two attached hydrogens (primary N) is 1. The van der Waals surface area contributed by atoms with Gasteiger partial charge in [0.2, 0.25) is 5.09 Å². The van der Waals surface area contributed by atoms with Gasteiger partial charge >= 0.3 is 0 Å². The Morgan fingerprint density at radius 3 is 2.72 bits per heavy atom. The molecule has 0 bridgehead atoms. The maximum atomic E-state index is 11.6. The monoisotopic (exact) mass is 286 g/mol. The second kappa shape index (κ2) is 4.92. The highest BCUT2D eigenvalue weighted by molar-refractivity contribution is 7.89. The third kappa shape index (κ3) is 2.97. The first-order valence-corrected chi connectivity index (χ1v) is 7.32. The lowest BCUT2D eigenvalue weighted by molar-refractivity contribution is 0.0918. The number of carbonyl (C=O) groups excluding carboxylic acids is 1. The van der Waals surface area contributed by atoms with Crippen molar-refractivity contribution >= 4 is 27.3 Å². The maximum absolute atomic E-state index is 11.6. The highest BCUT2D eigenvalue weighted by Gasteiger charge is 2.17. The molecule has 18 heavy (non-hydrogen) atoms. The Hall–Kier alpha value is -1.64. The summed E-state index contributed by atoms with van der Waals surface area (Å²) < 4.78 is 26.8. The Balaban J connectivity index is 2.03. The topological polar surface area (TPSA) is 102 Å². The Morgan fingerprint density at radius 2 is 2.17 bits per heavy atom. The molecule has 0 spiro atoms. The molecule has 3 N–H and O–H groups in total. The molecule has 0 aliphatic rings. The molecule has 6 nitrogen and oxygen atoms in total. The summed E-state index contributed by atoms with van der Waals surface area (Å²) in [4.78, 5) is 12.6. The smallest absolute Gasteiger partial charge is 0.287 e. The van der Waals surface area contributed by atoms with Gasteiger partial charge < -0.3 is 9.73 Å². The van der Waals surface area contributed by atoms with E-state index in [-0.39, 0.29) is 5.76 Å². The molecular weight excluding hydrogens is 276 g/mol. The molecule has 0 saturated carbocycles. The van der Waals surface area contributed by atoms with Crippen molar-refractivity contribution in [2.45, 2.75) is 11.6 Å². The fourth-order valence-electron chi connectivity index (χ4n) is 1.26. The van der Waals surface area contributed by atoms with E-state index in [0.29, 0.717) is 6.54 Å². The van der Waals surface area contributed by atoms with Crippen LogP contribution >= 0.6 is 11.3 Å². The molecule has 0 unspecified atom stereocenters. The third-order valence-corrected chi connectivity index (χ3v) is 3.75. The number of carbonyl (C=O) groups is 1. The van der Waals surface area contributed by atoms with E-state index in [1.54, 1.807) is 0 Å². The molecule has 2 aromatic rings. The minimum atomic E-state index is -3.92. The minimum absolute atomic E-state index is 0.0874. The van der Waals surface area contributed by atoms with Crippen LogP contribution in [0.3, 0.4) is 0 Å². The van der Waals surface area contributed by atoms with Crippen molar-refractivity contribution in [3.63, 3.8) is 0 Å². The third-order valence-electron chi connectivity index (χ3n) is 2.09. The molecule has 2 rings (SSSR count). The van der Waals surface area contributed by atoms with Crippen LogP contribution in [0.1, 0.15) is 15.4 Å². The Kier molecular flexibility index (Phi) is 3.50. The van der Waals surface area contributed by atoms with Gasteiger partial charge in [-0.1, -0.05) is 6.07 Å². The molecule has 2 heterocycles. The molecule has 96 valence electrons. The minimum Gasteiger partial charge on any atom is -0.438 e. The average Bonchev–Trinajstić information content (AvgIpc) is 2.96. The van der Waals surface area contributed by atoms with E-state index >= 15 is 0 Å². The standard InChI is InChI=1S/C10H10N2O4S2/c11-18(14,15)9-4-3-8(16-9)10(13)12-6-7-2-1-5-17-7/h1-5H,6H2,(H,12,13)(H2,11,14,15). The van der Waals surface area contributed by atoms with Gasteiger partial charge in [0.25, 0.3) is 15.9 Å². The molecule has 0 aliphatic heterocycles. The molecule has 1 amide bonds. The second-order valence-electron chi connectivity index (χ2n) is 3.43. The molecule has 0 fully saturated rings. The highest BCUT2D eigenvalue weighted by atomic mass is 32.2. The average molecular weight is 286 g/mol. The van der Waals surface area contributed by atoms with E-state index in [0.717, 1.165) is 10.9 Å². The fraction of sp³-hybridized carbons (Fsp3) is 0.100. The van der Waals surface area contributed by atoms with Crippen LogP contribution in [0.4, 0.5) is 0 Å². The lowest BCUT2D eigenvalue weighted by Crippen LogP contribution is -2.21. The van der Waals surface area contributed by atoms with Crippen molar-refractivity contribution in [2.75, 3.05) is 0 Å². The molecule has 8 heteroatoms. The SMILES string of the molecule is NS(=O)(=O)c1ccc(C(=O)NCc2cccs2)o1. The van der Waals surface area contributed by atoms with Crippen LogP contribution in [-0.4, -0.2) is 14.3 Å². The number of hydrogen-bond acceptors (Lipinski definition) is 5. The van der Waals surface area contributed by atoms with E-state index in [1.165, 1.54) is 17.4 Å². The van der Waals surface area contributed by atoms with E-state index in [9.17, 15) is 13.2 Å². The fourth-order valence-corrected chi connectivity index (χ4v) is 2.37. The number of hydrogen-bond donors (Lipinski definition) is 2. The van der Waals surface area contributed by atoms with Gasteiger partial charge in [0.1, 0.15) is 0 Å². The van der Waals surface area contributed by atoms with Crippen molar-refractivity contribution in [1.82, 2.24) is 5.32 Å². The normalized spacial score (nSPS) is 11.4. The van der Waals surface area contributed by atoms with Gasteiger partial charge in [0, 0.05) is 4.88 Å². The maximum Gasteiger partial charge on any atom is 0.287 e. The number of furan rings is 1. The van der Waals surface area contributed by atoms with Crippen LogP contribution in [0, 0.1) is 0 Å². The van der Waals surface area contributed by atoms with Gasteiger partial charge in [0.05, 0.1) is 6.54 Å². The first-order chi connectivity index (χ1) is 8.47. The zero-order valence-electron chi connectivity index (χ0n) is 9.12. The summed E-state index contributed by atoms with van der Waals surface area (Å²) in [7, 11) is -3.92. The number of sulfonamides is 1. The zero-order chi connectivity index (χ0) is 13.2. The second-order valence-corrected chi connectivity index (χ2v) is 5.95. The van der Waals surface area contributed by atoms with Gasteiger partial charge in [-0.05, 0) is 23.6 Å². The zero-order valence-corrected chi connectivity index (χ0v) is 10.8. The first-order valence-electron chi connectivity index (χ1n) is 4.90. The summed E-state index contributed by atoms with van der Waals surface area (Å²) in [5.41, 5.74) is 0. The lowest BCUT2D eigenvalue weighted by atomic mass is 10.4. The summed E-state index contributed by atoms with van der Waals surface area (Å²) >= 11 is 1.51. The summed E-state index contributed by atoms with van der Waals surface area (Å²) in [5, 5.41) is 8.95. The molecule has 0 aliphatic carbocycles. The van der Waals surface area contributed by atoms with Gasteiger partial charge in [-0.2, -0.15) is 0 Å². The van der Waals surface area contributed by atoms with Gasteiger partial charge in [0.15, 0.2) is 5.76 Å². The van der Waals surface area contributed by atoms with Crippen molar-refractivity contribution in [1.29, 1.82) is 0 Å². The Morgan fingerprint density at radius 1 is 1.39 bits per heavy atom. The number of amides is 1. The molecule has 0 atom stereocenters. The predicted molar refractivity (Wildman–Crippen MR) is 65.6 cm³/mol. The molecule has 0 aromatic carbocycles. The quantitative estimate of drug-likeness (QED) is 0.872. The molecule has 0 radical (unpaired) electrons. The van der Waals surface area contributed by atoms with Crippen LogP contribution in [0.2, 0.25) is 0 Å². The van der Waals surface area contributed by atoms with Crippen LogP contribution < -0.4 is 10.5 Å². The number of rotatable bonds is 4. The van der Waals surface area contributed by atoms with E-state index in [4.69, 9.17) is 9.56 Å². The van der Waals surface area contributed by atoms with Crippen LogP contribution in [0.15, 0.2) is 39.2 Å². The van der Waals surface area contributed by atoms with E-state index < -0.39 is 21.0 Å². The van der Waals surface area contributed by atoms with Crippen molar-refractivity contribution < 1.29 is 17.6 Å². The van der Waals surface area contributed by atoms with E-state index in [1.807, 2.05) is 17.5 Å². The lowest BCUT2D eigenvalue weighted by Gasteiger charge is -2.00. The largest absolute Gasteiger partial charge is 0.438 e. The van der Waals surface area contributed by atoms with Gasteiger partial charge in [-0.25, -0.2) is 13.6 Å². The Labute approximate surface area is 107 Å². The Bertz CT molecular complexity index is 643. The molecular formula is C10H10N2O4S2. The number of primary sulfonamides is 1. The van der Waals surface area contributed by atoms with Crippen molar-refractivity contribution in [3.05, 3.63) is 40.3 Å². The van der Waals surface area contributed by atoms with Gasteiger partial charge in [-0.3, -0.25) is 4.79 Å². The van der Waals surface area contributed by atoms with Crippen LogP contribution in [-0.2, 0) is 16.6 Å². The summed E-state index contributed by atoms with van der Waals surface area (Å²) in [6.07, 6.45) is 0. The first kappa shape index (κ1) is 12.8. The summed E-state index contributed by atoms with van der Waals surface area (Å²) in [6.45, 7) is 0.363. The summed E-state index contributed by atoms with van der Waals surface area (Å²) in [6, 6.07) is 6.17. The summed E-state index contributed by atoms with van der Waals surface area (Å²) in [5.74, 6) is -0.575. The van der Waals surface area contributed by atoms with E-state index in [2.05, 4.69) is 5.32 Å². The molecule has 2 aromatic heterocycles. The highest BCUT2D eigenvalue weighted by Crippen LogP contribution is 2.13. The van der Waals surface area contributed by atoms with Crippen molar-refractivity contribution in [3.8, 4) is 0 Å². The van der Waals surface area contributed by atoms with Crippen LogP contribution in [0.25, 0.3) is 0 Å². The van der Waals surface area contributed by atoms with Crippen molar-refractivity contribution in [2.24, 2.45) is 5.14 Å². The number of nitrogens with one attached hydrogen (secondary N) is 1. The van der Waals surface area contributed by atoms with Crippen LogP contribution in [0.5, 0.6) is 0 Å².